The van der Waals surface area contributed by atoms with E-state index in [0.29, 0.717) is 0 Å². The van der Waals surface area contributed by atoms with Crippen molar-refractivity contribution in [1.82, 2.24) is 4.98 Å². The van der Waals surface area contributed by atoms with Gasteiger partial charge in [0.1, 0.15) is 0 Å². The summed E-state index contributed by atoms with van der Waals surface area (Å²) in [6, 6.07) is 19.7. The lowest BCUT2D eigenvalue weighted by Gasteiger charge is -1.94. The molecule has 0 unspecified atom stereocenters. The highest BCUT2D eigenvalue weighted by Crippen LogP contribution is 2.40. The van der Waals surface area contributed by atoms with Gasteiger partial charge in [0.15, 0.2) is 0 Å². The molecule has 2 heterocycles. The standard InChI is InChI=1S/C19H13NS/c1-11-5-4-7-13-14-9-10-15-12-6-2-3-8-16(12)21-19(15)18(14)20-17(11)13/h2-10,20H,1H3. The second-order valence-electron chi connectivity index (χ2n) is 5.59. The van der Waals surface area contributed by atoms with E-state index in [1.54, 1.807) is 0 Å². The number of aromatic nitrogens is 1. The Morgan fingerprint density at radius 1 is 0.714 bits per heavy atom. The molecule has 1 N–H and O–H groups in total. The van der Waals surface area contributed by atoms with Crippen LogP contribution in [0.25, 0.3) is 42.0 Å². The van der Waals surface area contributed by atoms with Crippen LogP contribution in [0, 0.1) is 6.92 Å². The zero-order valence-electron chi connectivity index (χ0n) is 11.6. The van der Waals surface area contributed by atoms with Gasteiger partial charge in [0.05, 0.1) is 10.2 Å². The van der Waals surface area contributed by atoms with Crippen LogP contribution < -0.4 is 0 Å². The van der Waals surface area contributed by atoms with Gasteiger partial charge >= 0.3 is 0 Å². The first-order chi connectivity index (χ1) is 10.3. The van der Waals surface area contributed by atoms with Crippen LogP contribution >= 0.6 is 11.3 Å². The number of H-pyrrole nitrogens is 1. The Morgan fingerprint density at radius 2 is 1.48 bits per heavy atom. The molecule has 0 fully saturated rings. The third-order valence-corrected chi connectivity index (χ3v) is 5.56. The first-order valence-corrected chi connectivity index (χ1v) is 7.96. The van der Waals surface area contributed by atoms with Crippen molar-refractivity contribution in [3.8, 4) is 0 Å². The van der Waals surface area contributed by atoms with Crippen molar-refractivity contribution >= 4 is 53.3 Å². The fraction of sp³-hybridized carbons (Fsp3) is 0.0526. The zero-order chi connectivity index (χ0) is 14.0. The summed E-state index contributed by atoms with van der Waals surface area (Å²) in [6.45, 7) is 2.17. The Morgan fingerprint density at radius 3 is 2.43 bits per heavy atom. The molecular formula is C19H13NS. The SMILES string of the molecule is Cc1cccc2c1[nH]c1c2ccc2c3ccccc3sc21. The molecule has 0 aliphatic rings. The Balaban J connectivity index is 2.09. The van der Waals surface area contributed by atoms with Gasteiger partial charge in [-0.25, -0.2) is 0 Å². The molecule has 0 saturated carbocycles. The highest BCUT2D eigenvalue weighted by Gasteiger charge is 2.12. The summed E-state index contributed by atoms with van der Waals surface area (Å²) in [5.74, 6) is 0. The number of fused-ring (bicyclic) bond motifs is 7. The zero-order valence-corrected chi connectivity index (χ0v) is 12.4. The van der Waals surface area contributed by atoms with Crippen LogP contribution in [-0.4, -0.2) is 4.98 Å². The van der Waals surface area contributed by atoms with E-state index in [4.69, 9.17) is 0 Å². The van der Waals surface area contributed by atoms with E-state index in [2.05, 4.69) is 66.5 Å². The summed E-state index contributed by atoms with van der Waals surface area (Å²) in [6.07, 6.45) is 0. The number of rotatable bonds is 0. The summed E-state index contributed by atoms with van der Waals surface area (Å²) in [4.78, 5) is 3.66. The summed E-state index contributed by atoms with van der Waals surface area (Å²) >= 11 is 1.88. The summed E-state index contributed by atoms with van der Waals surface area (Å²) in [5.41, 5.74) is 3.84. The van der Waals surface area contributed by atoms with Crippen LogP contribution in [0.1, 0.15) is 5.56 Å². The van der Waals surface area contributed by atoms with Gasteiger partial charge in [0.25, 0.3) is 0 Å². The minimum atomic E-state index is 1.26. The first kappa shape index (κ1) is 11.4. The van der Waals surface area contributed by atoms with Crippen molar-refractivity contribution < 1.29 is 0 Å². The molecule has 0 spiro atoms. The number of para-hydroxylation sites is 1. The van der Waals surface area contributed by atoms with Gasteiger partial charge in [-0.1, -0.05) is 48.5 Å². The minimum Gasteiger partial charge on any atom is -0.353 e. The highest BCUT2D eigenvalue weighted by molar-refractivity contribution is 7.26. The number of nitrogens with one attached hydrogen (secondary N) is 1. The lowest BCUT2D eigenvalue weighted by molar-refractivity contribution is 1.46. The van der Waals surface area contributed by atoms with Crippen molar-refractivity contribution in [2.45, 2.75) is 6.92 Å². The second kappa shape index (κ2) is 3.86. The molecule has 0 bridgehead atoms. The summed E-state index contributed by atoms with van der Waals surface area (Å²) in [7, 11) is 0. The van der Waals surface area contributed by atoms with Gasteiger partial charge in [-0.2, -0.15) is 0 Å². The Kier molecular flexibility index (Phi) is 2.09. The minimum absolute atomic E-state index is 1.26. The van der Waals surface area contributed by atoms with E-state index >= 15 is 0 Å². The van der Waals surface area contributed by atoms with Crippen LogP contribution in [0.15, 0.2) is 54.6 Å². The molecule has 100 valence electrons. The highest BCUT2D eigenvalue weighted by atomic mass is 32.1. The monoisotopic (exact) mass is 287 g/mol. The molecule has 5 rings (SSSR count). The van der Waals surface area contributed by atoms with Gasteiger partial charge in [0.2, 0.25) is 0 Å². The van der Waals surface area contributed by atoms with E-state index < -0.39 is 0 Å². The first-order valence-electron chi connectivity index (χ1n) is 7.14. The number of aryl methyl sites for hydroxylation is 1. The van der Waals surface area contributed by atoms with E-state index in [1.807, 2.05) is 11.3 Å². The van der Waals surface area contributed by atoms with Crippen LogP contribution in [0.2, 0.25) is 0 Å². The second-order valence-corrected chi connectivity index (χ2v) is 6.64. The summed E-state index contributed by atoms with van der Waals surface area (Å²) in [5, 5.41) is 5.36. The fourth-order valence-corrected chi connectivity index (χ4v) is 4.53. The molecule has 0 radical (unpaired) electrons. The maximum atomic E-state index is 3.66. The van der Waals surface area contributed by atoms with Crippen molar-refractivity contribution in [3.63, 3.8) is 0 Å². The predicted octanol–water partition coefficient (Wildman–Crippen LogP) is 6.00. The maximum Gasteiger partial charge on any atom is 0.0646 e. The molecule has 0 aliphatic carbocycles. The largest absolute Gasteiger partial charge is 0.353 e. The van der Waals surface area contributed by atoms with Gasteiger partial charge in [-0.05, 0) is 18.6 Å². The number of aromatic amines is 1. The lowest BCUT2D eigenvalue weighted by Crippen LogP contribution is -1.73. The van der Waals surface area contributed by atoms with Gasteiger partial charge < -0.3 is 4.98 Å². The van der Waals surface area contributed by atoms with E-state index in [-0.39, 0.29) is 0 Å². The molecule has 0 aliphatic heterocycles. The molecule has 21 heavy (non-hydrogen) atoms. The van der Waals surface area contributed by atoms with Crippen molar-refractivity contribution in [2.75, 3.05) is 0 Å². The predicted molar refractivity (Wildman–Crippen MR) is 93.4 cm³/mol. The van der Waals surface area contributed by atoms with Crippen molar-refractivity contribution in [3.05, 3.63) is 60.2 Å². The molecule has 2 heteroatoms. The maximum absolute atomic E-state index is 3.66. The van der Waals surface area contributed by atoms with E-state index in [1.165, 1.54) is 47.5 Å². The number of benzene rings is 3. The van der Waals surface area contributed by atoms with Crippen LogP contribution in [0.4, 0.5) is 0 Å². The van der Waals surface area contributed by atoms with Crippen LogP contribution in [0.5, 0.6) is 0 Å². The fourth-order valence-electron chi connectivity index (χ4n) is 3.32. The number of hydrogen-bond donors (Lipinski definition) is 1. The number of hydrogen-bond acceptors (Lipinski definition) is 1. The Hall–Kier alpha value is -2.32. The average Bonchev–Trinajstić information content (AvgIpc) is 3.06. The van der Waals surface area contributed by atoms with Gasteiger partial charge in [0, 0.05) is 31.8 Å². The molecule has 5 aromatic rings. The Bertz CT molecular complexity index is 1140. The third kappa shape index (κ3) is 1.40. The van der Waals surface area contributed by atoms with Crippen molar-refractivity contribution in [1.29, 1.82) is 0 Å². The molecule has 0 saturated heterocycles. The van der Waals surface area contributed by atoms with Crippen LogP contribution in [0.3, 0.4) is 0 Å². The van der Waals surface area contributed by atoms with E-state index in [9.17, 15) is 0 Å². The number of thiophene rings is 1. The molecule has 1 nitrogen and oxygen atoms in total. The molecular weight excluding hydrogens is 274 g/mol. The van der Waals surface area contributed by atoms with Crippen LogP contribution in [-0.2, 0) is 0 Å². The average molecular weight is 287 g/mol. The quantitative estimate of drug-likeness (QED) is 0.359. The smallest absolute Gasteiger partial charge is 0.0646 e. The normalized spacial score (nSPS) is 12.0. The van der Waals surface area contributed by atoms with Crippen molar-refractivity contribution in [2.24, 2.45) is 0 Å². The van der Waals surface area contributed by atoms with Gasteiger partial charge in [-0.3, -0.25) is 0 Å². The molecule has 3 aromatic carbocycles. The molecule has 0 amide bonds. The third-order valence-electron chi connectivity index (χ3n) is 4.36. The topological polar surface area (TPSA) is 15.8 Å². The lowest BCUT2D eigenvalue weighted by atomic mass is 10.1. The Labute approximate surface area is 125 Å². The van der Waals surface area contributed by atoms with Gasteiger partial charge in [-0.15, -0.1) is 11.3 Å². The molecule has 2 aromatic heterocycles. The summed E-state index contributed by atoms with van der Waals surface area (Å²) < 4.78 is 2.72. The van der Waals surface area contributed by atoms with E-state index in [0.717, 1.165) is 0 Å². The molecule has 0 atom stereocenters.